The molecule has 0 bridgehead atoms. The second-order valence-corrected chi connectivity index (χ2v) is 9.14. The number of anilines is 1. The Balaban J connectivity index is 1.59. The van der Waals surface area contributed by atoms with E-state index in [1.54, 1.807) is 6.07 Å². The standard InChI is InChI=1S/C28H36N2O6/c1-5-34-24-16-21(12-13-23(24)35-18-26(32)30-14-7-6-8-15-30)28(33)36-17-25(31)29-27-20(4)10-9-11-22(27)19(2)3/h9-13,16,19H,5-8,14-15,17-18H2,1-4H3,(H,29,31). The van der Waals surface area contributed by atoms with Crippen LogP contribution in [0.4, 0.5) is 5.69 Å². The number of aryl methyl sites for hydroxylation is 1. The normalized spacial score (nSPS) is 13.3. The fraction of sp³-hybridized carbons (Fsp3) is 0.464. The third-order valence-electron chi connectivity index (χ3n) is 6.06. The van der Waals surface area contributed by atoms with Crippen molar-refractivity contribution in [2.24, 2.45) is 0 Å². The lowest BCUT2D eigenvalue weighted by atomic mass is 9.98. The summed E-state index contributed by atoms with van der Waals surface area (Å²) in [6.45, 7) is 9.18. The first-order chi connectivity index (χ1) is 17.3. The molecule has 3 rings (SSSR count). The van der Waals surface area contributed by atoms with Crippen LogP contribution < -0.4 is 14.8 Å². The Kier molecular flexibility index (Phi) is 9.73. The Morgan fingerprint density at radius 1 is 0.972 bits per heavy atom. The largest absolute Gasteiger partial charge is 0.490 e. The molecule has 2 aromatic carbocycles. The summed E-state index contributed by atoms with van der Waals surface area (Å²) >= 11 is 0. The summed E-state index contributed by atoms with van der Waals surface area (Å²) in [5.41, 5.74) is 2.93. The smallest absolute Gasteiger partial charge is 0.338 e. The van der Waals surface area contributed by atoms with E-state index in [9.17, 15) is 14.4 Å². The third kappa shape index (κ3) is 7.23. The van der Waals surface area contributed by atoms with E-state index in [0.29, 0.717) is 18.1 Å². The van der Waals surface area contributed by atoms with Crippen LogP contribution in [0, 0.1) is 6.92 Å². The van der Waals surface area contributed by atoms with E-state index >= 15 is 0 Å². The van der Waals surface area contributed by atoms with Gasteiger partial charge in [0.15, 0.2) is 24.7 Å². The van der Waals surface area contributed by atoms with Gasteiger partial charge in [0, 0.05) is 18.8 Å². The third-order valence-corrected chi connectivity index (χ3v) is 6.06. The molecule has 2 aromatic rings. The SMILES string of the molecule is CCOc1cc(C(=O)OCC(=O)Nc2c(C)cccc2C(C)C)ccc1OCC(=O)N1CCCCC1. The molecule has 36 heavy (non-hydrogen) atoms. The molecule has 0 aromatic heterocycles. The molecule has 0 spiro atoms. The minimum Gasteiger partial charge on any atom is -0.490 e. The molecule has 1 aliphatic heterocycles. The van der Waals surface area contributed by atoms with E-state index in [4.69, 9.17) is 14.2 Å². The van der Waals surface area contributed by atoms with Gasteiger partial charge in [0.25, 0.3) is 11.8 Å². The highest BCUT2D eigenvalue weighted by molar-refractivity contribution is 5.96. The van der Waals surface area contributed by atoms with Gasteiger partial charge in [-0.2, -0.15) is 0 Å². The number of likely N-dealkylation sites (tertiary alicyclic amines) is 1. The number of benzene rings is 2. The quantitative estimate of drug-likeness (QED) is 0.479. The van der Waals surface area contributed by atoms with Crippen LogP contribution in [-0.2, 0) is 14.3 Å². The fourth-order valence-corrected chi connectivity index (χ4v) is 4.13. The van der Waals surface area contributed by atoms with E-state index < -0.39 is 18.5 Å². The van der Waals surface area contributed by atoms with Gasteiger partial charge >= 0.3 is 5.97 Å². The zero-order chi connectivity index (χ0) is 26.1. The van der Waals surface area contributed by atoms with E-state index in [2.05, 4.69) is 19.2 Å². The second kappa shape index (κ2) is 13.0. The lowest BCUT2D eigenvalue weighted by Crippen LogP contribution is -2.38. The zero-order valence-corrected chi connectivity index (χ0v) is 21.6. The van der Waals surface area contributed by atoms with Crippen LogP contribution in [0.25, 0.3) is 0 Å². The number of nitrogens with zero attached hydrogens (tertiary/aromatic N) is 1. The second-order valence-electron chi connectivity index (χ2n) is 9.14. The number of rotatable bonds is 10. The predicted molar refractivity (Wildman–Crippen MR) is 138 cm³/mol. The first-order valence-electron chi connectivity index (χ1n) is 12.5. The molecule has 0 aliphatic carbocycles. The van der Waals surface area contributed by atoms with Crippen molar-refractivity contribution < 1.29 is 28.6 Å². The van der Waals surface area contributed by atoms with Crippen molar-refractivity contribution in [2.75, 3.05) is 38.2 Å². The van der Waals surface area contributed by atoms with Gasteiger partial charge in [0.05, 0.1) is 12.2 Å². The van der Waals surface area contributed by atoms with Crippen molar-refractivity contribution in [3.05, 3.63) is 53.1 Å². The molecular weight excluding hydrogens is 460 g/mol. The number of amides is 2. The average Bonchev–Trinajstić information content (AvgIpc) is 2.88. The van der Waals surface area contributed by atoms with Gasteiger partial charge in [0.1, 0.15) is 0 Å². The predicted octanol–water partition coefficient (Wildman–Crippen LogP) is 4.70. The van der Waals surface area contributed by atoms with Crippen molar-refractivity contribution in [1.29, 1.82) is 0 Å². The van der Waals surface area contributed by atoms with Crippen LogP contribution in [0.15, 0.2) is 36.4 Å². The highest BCUT2D eigenvalue weighted by atomic mass is 16.5. The average molecular weight is 497 g/mol. The van der Waals surface area contributed by atoms with Gasteiger partial charge in [-0.05, 0) is 68.4 Å². The molecule has 1 fully saturated rings. The zero-order valence-electron chi connectivity index (χ0n) is 21.6. The summed E-state index contributed by atoms with van der Waals surface area (Å²) in [5, 5.41) is 2.87. The Hall–Kier alpha value is -3.55. The lowest BCUT2D eigenvalue weighted by Gasteiger charge is -2.26. The highest BCUT2D eigenvalue weighted by Gasteiger charge is 2.19. The molecule has 8 heteroatoms. The Labute approximate surface area is 212 Å². The number of carbonyl (C=O) groups is 3. The maximum atomic E-state index is 12.6. The van der Waals surface area contributed by atoms with Gasteiger partial charge in [-0.1, -0.05) is 32.0 Å². The lowest BCUT2D eigenvalue weighted by molar-refractivity contribution is -0.134. The molecular formula is C28H36N2O6. The number of hydrogen-bond acceptors (Lipinski definition) is 6. The summed E-state index contributed by atoms with van der Waals surface area (Å²) in [6.07, 6.45) is 3.16. The summed E-state index contributed by atoms with van der Waals surface area (Å²) in [4.78, 5) is 39.4. The number of piperidine rings is 1. The minimum absolute atomic E-state index is 0.0686. The van der Waals surface area contributed by atoms with Gasteiger partial charge in [0.2, 0.25) is 0 Å². The Morgan fingerprint density at radius 3 is 2.42 bits per heavy atom. The first kappa shape index (κ1) is 27.0. The fourth-order valence-electron chi connectivity index (χ4n) is 4.13. The Bertz CT molecular complexity index is 1080. The maximum absolute atomic E-state index is 12.6. The van der Waals surface area contributed by atoms with Crippen LogP contribution in [0.5, 0.6) is 11.5 Å². The van der Waals surface area contributed by atoms with E-state index in [-0.39, 0.29) is 24.0 Å². The molecule has 194 valence electrons. The number of para-hydroxylation sites is 1. The van der Waals surface area contributed by atoms with Crippen LogP contribution in [-0.4, -0.2) is 55.6 Å². The number of nitrogens with one attached hydrogen (secondary N) is 1. The molecule has 1 aliphatic rings. The molecule has 8 nitrogen and oxygen atoms in total. The topological polar surface area (TPSA) is 94.2 Å². The molecule has 1 saturated heterocycles. The molecule has 0 saturated carbocycles. The van der Waals surface area contributed by atoms with Crippen LogP contribution in [0.3, 0.4) is 0 Å². The van der Waals surface area contributed by atoms with E-state index in [1.807, 2.05) is 36.9 Å². The number of esters is 1. The van der Waals surface area contributed by atoms with Gasteiger partial charge in [-0.3, -0.25) is 9.59 Å². The highest BCUT2D eigenvalue weighted by Crippen LogP contribution is 2.30. The van der Waals surface area contributed by atoms with Crippen molar-refractivity contribution in [3.8, 4) is 11.5 Å². The number of ether oxygens (including phenoxy) is 3. The van der Waals surface area contributed by atoms with Crippen molar-refractivity contribution in [1.82, 2.24) is 4.90 Å². The molecule has 1 N–H and O–H groups in total. The monoisotopic (exact) mass is 496 g/mol. The first-order valence-corrected chi connectivity index (χ1v) is 12.5. The van der Waals surface area contributed by atoms with Crippen LogP contribution >= 0.6 is 0 Å². The molecule has 2 amide bonds. The van der Waals surface area contributed by atoms with Crippen molar-refractivity contribution in [2.45, 2.75) is 52.9 Å². The van der Waals surface area contributed by atoms with Gasteiger partial charge in [-0.15, -0.1) is 0 Å². The molecule has 0 atom stereocenters. The number of carbonyl (C=O) groups excluding carboxylic acids is 3. The van der Waals surface area contributed by atoms with Crippen LogP contribution in [0.2, 0.25) is 0 Å². The summed E-state index contributed by atoms with van der Waals surface area (Å²) in [6, 6.07) is 10.5. The van der Waals surface area contributed by atoms with Crippen molar-refractivity contribution in [3.63, 3.8) is 0 Å². The Morgan fingerprint density at radius 2 is 1.72 bits per heavy atom. The number of hydrogen-bond donors (Lipinski definition) is 1. The molecule has 0 unspecified atom stereocenters. The summed E-state index contributed by atoms with van der Waals surface area (Å²) in [5.74, 6) is -0.199. The van der Waals surface area contributed by atoms with E-state index in [1.165, 1.54) is 12.1 Å². The van der Waals surface area contributed by atoms with Gasteiger partial charge < -0.3 is 24.4 Å². The van der Waals surface area contributed by atoms with Crippen LogP contribution in [0.1, 0.15) is 67.4 Å². The molecule has 1 heterocycles. The summed E-state index contributed by atoms with van der Waals surface area (Å²) < 4.78 is 16.6. The molecule has 0 radical (unpaired) electrons. The van der Waals surface area contributed by atoms with Crippen molar-refractivity contribution >= 4 is 23.5 Å². The van der Waals surface area contributed by atoms with Gasteiger partial charge in [-0.25, -0.2) is 4.79 Å². The maximum Gasteiger partial charge on any atom is 0.338 e. The minimum atomic E-state index is -0.657. The summed E-state index contributed by atoms with van der Waals surface area (Å²) in [7, 11) is 0. The van der Waals surface area contributed by atoms with E-state index in [0.717, 1.165) is 49.2 Å².